The Morgan fingerprint density at radius 2 is 1.82 bits per heavy atom. The van der Waals surface area contributed by atoms with Crippen LogP contribution >= 0.6 is 51.3 Å². The Balaban J connectivity index is 1.53. The molecule has 3 aromatic carbocycles. The summed E-state index contributed by atoms with van der Waals surface area (Å²) in [5.74, 6) is 1.95. The molecule has 34 heavy (non-hydrogen) atoms. The molecule has 0 atom stereocenters. The number of aromatic amines is 1. The summed E-state index contributed by atoms with van der Waals surface area (Å²) in [6.45, 7) is 3.23. The molecular weight excluding hydrogens is 559 g/mol. The maximum Gasteiger partial charge on any atom is 0.214 e. The van der Waals surface area contributed by atoms with Crippen LogP contribution in [0.15, 0.2) is 65.1 Å². The van der Waals surface area contributed by atoms with E-state index in [0.717, 1.165) is 21.2 Å². The van der Waals surface area contributed by atoms with E-state index < -0.39 is 0 Å². The molecule has 0 aliphatic rings. The third kappa shape index (κ3) is 5.75. The average molecular weight is 580 g/mol. The van der Waals surface area contributed by atoms with Crippen LogP contribution in [0.4, 0.5) is 0 Å². The van der Waals surface area contributed by atoms with Crippen LogP contribution in [-0.4, -0.2) is 21.5 Å². The lowest BCUT2D eigenvalue weighted by Crippen LogP contribution is -2.16. The predicted octanol–water partition coefficient (Wildman–Crippen LogP) is 7.40. The highest BCUT2D eigenvalue weighted by Gasteiger charge is 2.14. The lowest BCUT2D eigenvalue weighted by Gasteiger charge is -2.17. The SMILES string of the molecule is CCOc1cc(CNn2c(-c3ccccc3)n[nH]c2=S)cc(Br)c1OCc1ccc(Cl)c(Cl)c1. The van der Waals surface area contributed by atoms with E-state index in [-0.39, 0.29) is 0 Å². The van der Waals surface area contributed by atoms with Gasteiger partial charge in [-0.05, 0) is 70.5 Å². The average Bonchev–Trinajstić information content (AvgIpc) is 3.20. The Hall–Kier alpha value is -2.52. The smallest absolute Gasteiger partial charge is 0.214 e. The number of hydrogen-bond acceptors (Lipinski definition) is 5. The van der Waals surface area contributed by atoms with E-state index in [9.17, 15) is 0 Å². The molecule has 4 aromatic rings. The highest BCUT2D eigenvalue weighted by molar-refractivity contribution is 9.10. The number of nitrogens with one attached hydrogen (secondary N) is 2. The van der Waals surface area contributed by atoms with Gasteiger partial charge in [0.1, 0.15) is 6.61 Å². The fourth-order valence-electron chi connectivity index (χ4n) is 3.31. The van der Waals surface area contributed by atoms with Crippen LogP contribution in [0.1, 0.15) is 18.1 Å². The zero-order valence-electron chi connectivity index (χ0n) is 18.1. The van der Waals surface area contributed by atoms with Gasteiger partial charge < -0.3 is 14.9 Å². The maximum atomic E-state index is 6.12. The molecule has 0 saturated heterocycles. The predicted molar refractivity (Wildman–Crippen MR) is 142 cm³/mol. The first-order valence-corrected chi connectivity index (χ1v) is 12.4. The third-order valence-electron chi connectivity index (χ3n) is 4.88. The standard InChI is InChI=1S/C24H21BrCl2N4O2S/c1-2-32-21-12-16(10-18(25)22(21)33-14-15-8-9-19(26)20(27)11-15)13-28-31-23(29-30-24(31)34)17-6-4-3-5-7-17/h3-12,28H,2,13-14H2,1H3,(H,30,34). The molecule has 176 valence electrons. The van der Waals surface area contributed by atoms with Gasteiger partial charge in [-0.3, -0.25) is 0 Å². The second kappa shape index (κ2) is 11.3. The van der Waals surface area contributed by atoms with E-state index in [0.29, 0.717) is 51.9 Å². The molecule has 0 amide bonds. The Kier molecular flexibility index (Phi) is 8.15. The fourth-order valence-corrected chi connectivity index (χ4v) is 4.43. The largest absolute Gasteiger partial charge is 0.490 e. The molecule has 0 saturated carbocycles. The maximum absolute atomic E-state index is 6.12. The molecule has 0 aliphatic heterocycles. The molecule has 0 radical (unpaired) electrons. The van der Waals surface area contributed by atoms with Crippen molar-refractivity contribution in [2.24, 2.45) is 0 Å². The van der Waals surface area contributed by atoms with Crippen molar-refractivity contribution >= 4 is 51.3 Å². The number of aromatic nitrogens is 3. The van der Waals surface area contributed by atoms with Gasteiger partial charge in [-0.15, -0.1) is 0 Å². The summed E-state index contributed by atoms with van der Waals surface area (Å²) >= 11 is 21.2. The first-order chi connectivity index (χ1) is 16.5. The van der Waals surface area contributed by atoms with Crippen LogP contribution in [0.5, 0.6) is 11.5 Å². The summed E-state index contributed by atoms with van der Waals surface area (Å²) in [6.07, 6.45) is 0. The van der Waals surface area contributed by atoms with Gasteiger partial charge in [0.15, 0.2) is 17.3 Å². The van der Waals surface area contributed by atoms with E-state index >= 15 is 0 Å². The van der Waals surface area contributed by atoms with E-state index in [2.05, 4.69) is 31.6 Å². The van der Waals surface area contributed by atoms with Gasteiger partial charge in [0, 0.05) is 5.56 Å². The fraction of sp³-hybridized carbons (Fsp3) is 0.167. The molecule has 0 spiro atoms. The van der Waals surface area contributed by atoms with E-state index in [1.165, 1.54) is 0 Å². The number of H-pyrrole nitrogens is 1. The summed E-state index contributed by atoms with van der Waals surface area (Å²) < 4.78 is 14.9. The second-order valence-electron chi connectivity index (χ2n) is 7.26. The third-order valence-corrected chi connectivity index (χ3v) is 6.48. The van der Waals surface area contributed by atoms with E-state index in [1.54, 1.807) is 16.8 Å². The van der Waals surface area contributed by atoms with Crippen LogP contribution in [-0.2, 0) is 13.2 Å². The molecule has 6 nitrogen and oxygen atoms in total. The molecule has 0 unspecified atom stereocenters. The normalized spacial score (nSPS) is 10.8. The molecule has 0 bridgehead atoms. The molecule has 0 aliphatic carbocycles. The first kappa shape index (κ1) is 24.6. The minimum Gasteiger partial charge on any atom is -0.490 e. The number of ether oxygens (including phenoxy) is 2. The van der Waals surface area contributed by atoms with Gasteiger partial charge in [-0.1, -0.05) is 59.6 Å². The lowest BCUT2D eigenvalue weighted by atomic mass is 10.2. The van der Waals surface area contributed by atoms with Crippen LogP contribution in [0.3, 0.4) is 0 Å². The lowest BCUT2D eigenvalue weighted by molar-refractivity contribution is 0.267. The quantitative estimate of drug-likeness (QED) is 0.202. The molecule has 0 fully saturated rings. The molecule has 2 N–H and O–H groups in total. The van der Waals surface area contributed by atoms with Crippen LogP contribution in [0.25, 0.3) is 11.4 Å². The van der Waals surface area contributed by atoms with Gasteiger partial charge in [0.2, 0.25) is 4.77 Å². The topological polar surface area (TPSA) is 64.1 Å². The number of nitrogens with zero attached hydrogens (tertiary/aromatic N) is 2. The van der Waals surface area contributed by atoms with E-state index in [1.807, 2.05) is 55.5 Å². The van der Waals surface area contributed by atoms with Crippen LogP contribution in [0, 0.1) is 4.77 Å². The Morgan fingerprint density at radius 3 is 2.56 bits per heavy atom. The Morgan fingerprint density at radius 1 is 1.03 bits per heavy atom. The van der Waals surface area contributed by atoms with Crippen molar-refractivity contribution in [3.63, 3.8) is 0 Å². The summed E-state index contributed by atoms with van der Waals surface area (Å²) in [6, 6.07) is 19.2. The molecule has 1 aromatic heterocycles. The van der Waals surface area contributed by atoms with Crippen LogP contribution in [0.2, 0.25) is 10.0 Å². The monoisotopic (exact) mass is 578 g/mol. The second-order valence-corrected chi connectivity index (χ2v) is 9.32. The Labute approximate surface area is 220 Å². The van der Waals surface area contributed by atoms with Gasteiger partial charge in [0.05, 0.1) is 27.7 Å². The molecular formula is C24H21BrCl2N4O2S. The number of benzene rings is 3. The highest BCUT2D eigenvalue weighted by atomic mass is 79.9. The summed E-state index contributed by atoms with van der Waals surface area (Å²) in [5, 5.41) is 8.19. The van der Waals surface area contributed by atoms with Crippen molar-refractivity contribution in [1.29, 1.82) is 0 Å². The van der Waals surface area contributed by atoms with Crippen molar-refractivity contribution in [2.75, 3.05) is 12.0 Å². The van der Waals surface area contributed by atoms with Crippen molar-refractivity contribution < 1.29 is 9.47 Å². The van der Waals surface area contributed by atoms with E-state index in [4.69, 9.17) is 44.9 Å². The number of rotatable bonds is 9. The Bertz CT molecular complexity index is 1340. The van der Waals surface area contributed by atoms with Crippen molar-refractivity contribution in [1.82, 2.24) is 14.9 Å². The summed E-state index contributed by atoms with van der Waals surface area (Å²) in [7, 11) is 0. The van der Waals surface area contributed by atoms with Gasteiger partial charge >= 0.3 is 0 Å². The minimum atomic E-state index is 0.317. The number of halogens is 3. The van der Waals surface area contributed by atoms with Gasteiger partial charge in [-0.2, -0.15) is 5.10 Å². The highest BCUT2D eigenvalue weighted by Crippen LogP contribution is 2.38. The molecule has 1 heterocycles. The first-order valence-electron chi connectivity index (χ1n) is 10.4. The molecule has 10 heteroatoms. The van der Waals surface area contributed by atoms with Crippen molar-refractivity contribution in [3.8, 4) is 22.9 Å². The minimum absolute atomic E-state index is 0.317. The van der Waals surface area contributed by atoms with Gasteiger partial charge in [0.25, 0.3) is 0 Å². The zero-order chi connectivity index (χ0) is 24.1. The van der Waals surface area contributed by atoms with Crippen molar-refractivity contribution in [3.05, 3.63) is 91.1 Å². The summed E-state index contributed by atoms with van der Waals surface area (Å²) in [5.41, 5.74) is 6.16. The zero-order valence-corrected chi connectivity index (χ0v) is 22.1. The van der Waals surface area contributed by atoms with Crippen molar-refractivity contribution in [2.45, 2.75) is 20.1 Å². The number of hydrogen-bond donors (Lipinski definition) is 2. The summed E-state index contributed by atoms with van der Waals surface area (Å²) in [4.78, 5) is 0. The molecule has 4 rings (SSSR count). The van der Waals surface area contributed by atoms with Gasteiger partial charge in [-0.25, -0.2) is 9.77 Å². The van der Waals surface area contributed by atoms with Crippen LogP contribution < -0.4 is 14.9 Å².